The summed E-state index contributed by atoms with van der Waals surface area (Å²) in [6.07, 6.45) is 1.42. The van der Waals surface area contributed by atoms with Crippen molar-refractivity contribution in [3.05, 3.63) is 84.4 Å². The first-order chi connectivity index (χ1) is 19.3. The van der Waals surface area contributed by atoms with Crippen molar-refractivity contribution in [2.24, 2.45) is 11.8 Å². The summed E-state index contributed by atoms with van der Waals surface area (Å²) in [5, 5.41) is 6.77. The Balaban J connectivity index is 1.13. The van der Waals surface area contributed by atoms with Crippen LogP contribution >= 0.6 is 0 Å². The van der Waals surface area contributed by atoms with Crippen molar-refractivity contribution in [2.45, 2.75) is 40.0 Å². The average molecular weight is 537 g/mol. The Kier molecular flexibility index (Phi) is 8.29. The van der Waals surface area contributed by atoms with Crippen LogP contribution in [0.25, 0.3) is 10.9 Å². The van der Waals surface area contributed by atoms with Gasteiger partial charge >= 0.3 is 0 Å². The van der Waals surface area contributed by atoms with Gasteiger partial charge in [0.2, 0.25) is 11.8 Å². The highest BCUT2D eigenvalue weighted by Gasteiger charge is 2.23. The molecule has 4 aromatic rings. The maximum atomic E-state index is 12.6. The van der Waals surface area contributed by atoms with Gasteiger partial charge in [0.05, 0.1) is 5.52 Å². The van der Waals surface area contributed by atoms with Crippen molar-refractivity contribution >= 4 is 39.9 Å². The van der Waals surface area contributed by atoms with Gasteiger partial charge in [0.25, 0.3) is 0 Å². The average Bonchev–Trinajstić information content (AvgIpc) is 2.93. The molecule has 1 fully saturated rings. The van der Waals surface area contributed by atoms with Crippen molar-refractivity contribution in [3.63, 3.8) is 0 Å². The van der Waals surface area contributed by atoms with Crippen LogP contribution in [0.3, 0.4) is 0 Å². The standard InChI is InChI=1S/C33H36N4O3/c1-22-17-23(2)21-37(20-22)31-18-24(3)29-19-26(11-14-30(29)36-31)35-33(39)16-15-32(38)34-25-9-12-28(13-10-25)40-27-7-5-4-6-8-27/h4-14,18-19,22-23H,15-17,20-21H2,1-3H3,(H,34,38)(H,35,39). The van der Waals surface area contributed by atoms with E-state index >= 15 is 0 Å². The van der Waals surface area contributed by atoms with Crippen molar-refractivity contribution in [1.82, 2.24) is 4.98 Å². The van der Waals surface area contributed by atoms with Gasteiger partial charge in [-0.1, -0.05) is 32.0 Å². The van der Waals surface area contributed by atoms with Crippen molar-refractivity contribution < 1.29 is 14.3 Å². The topological polar surface area (TPSA) is 83.6 Å². The Morgan fingerprint density at radius 2 is 1.43 bits per heavy atom. The maximum absolute atomic E-state index is 12.6. The van der Waals surface area contributed by atoms with Crippen molar-refractivity contribution in [1.29, 1.82) is 0 Å². The third kappa shape index (κ3) is 6.97. The molecule has 0 aliphatic carbocycles. The minimum atomic E-state index is -0.223. The molecule has 2 amide bonds. The van der Waals surface area contributed by atoms with Gasteiger partial charge in [0.15, 0.2) is 0 Å². The highest BCUT2D eigenvalue weighted by molar-refractivity contribution is 5.98. The highest BCUT2D eigenvalue weighted by atomic mass is 16.5. The van der Waals surface area contributed by atoms with E-state index in [0.717, 1.165) is 41.1 Å². The highest BCUT2D eigenvalue weighted by Crippen LogP contribution is 2.29. The molecule has 5 rings (SSSR count). The molecule has 1 aliphatic heterocycles. The first-order valence-electron chi connectivity index (χ1n) is 13.9. The molecule has 2 atom stereocenters. The number of para-hydroxylation sites is 1. The molecule has 7 heteroatoms. The normalized spacial score (nSPS) is 16.9. The molecular formula is C33H36N4O3. The summed E-state index contributed by atoms with van der Waals surface area (Å²) in [5.41, 5.74) is 3.39. The van der Waals surface area contributed by atoms with Crippen LogP contribution in [-0.4, -0.2) is 29.9 Å². The van der Waals surface area contributed by atoms with E-state index in [-0.39, 0.29) is 24.7 Å². The molecule has 0 bridgehead atoms. The molecule has 2 N–H and O–H groups in total. The van der Waals surface area contributed by atoms with Gasteiger partial charge in [-0.2, -0.15) is 0 Å². The summed E-state index contributed by atoms with van der Waals surface area (Å²) < 4.78 is 5.78. The minimum Gasteiger partial charge on any atom is -0.457 e. The van der Waals surface area contributed by atoms with Gasteiger partial charge < -0.3 is 20.3 Å². The monoisotopic (exact) mass is 536 g/mol. The summed E-state index contributed by atoms with van der Waals surface area (Å²) in [5.74, 6) is 3.32. The molecule has 7 nitrogen and oxygen atoms in total. The van der Waals surface area contributed by atoms with Gasteiger partial charge in [-0.3, -0.25) is 9.59 Å². The molecule has 206 valence electrons. The maximum Gasteiger partial charge on any atom is 0.224 e. The van der Waals surface area contributed by atoms with Crippen molar-refractivity contribution in [3.8, 4) is 11.5 Å². The number of carbonyl (C=O) groups excluding carboxylic acids is 2. The lowest BCUT2D eigenvalue weighted by Crippen LogP contribution is -2.39. The molecule has 2 unspecified atom stereocenters. The van der Waals surface area contributed by atoms with Crippen molar-refractivity contribution in [2.75, 3.05) is 28.6 Å². The van der Waals surface area contributed by atoms with Crippen LogP contribution in [-0.2, 0) is 9.59 Å². The number of amides is 2. The SMILES string of the molecule is Cc1cc(N2CC(C)CC(C)C2)nc2ccc(NC(=O)CCC(=O)Nc3ccc(Oc4ccccc4)cc3)cc12. The van der Waals surface area contributed by atoms with Crippen LogP contribution in [0, 0.1) is 18.8 Å². The molecule has 1 aromatic heterocycles. The Morgan fingerprint density at radius 1 is 0.825 bits per heavy atom. The number of anilines is 3. The molecule has 0 spiro atoms. The molecule has 0 radical (unpaired) electrons. The molecule has 40 heavy (non-hydrogen) atoms. The molecule has 3 aromatic carbocycles. The van der Waals surface area contributed by atoms with Crippen LogP contribution in [0.15, 0.2) is 78.9 Å². The van der Waals surface area contributed by atoms with Gasteiger partial charge in [-0.05, 0) is 91.4 Å². The van der Waals surface area contributed by atoms with Crippen LogP contribution in [0.5, 0.6) is 11.5 Å². The Hall–Kier alpha value is -4.39. The third-order valence-electron chi connectivity index (χ3n) is 7.17. The quantitative estimate of drug-likeness (QED) is 0.249. The lowest BCUT2D eigenvalue weighted by molar-refractivity contribution is -0.121. The first kappa shape index (κ1) is 27.2. The second-order valence-electron chi connectivity index (χ2n) is 10.9. The third-order valence-corrected chi connectivity index (χ3v) is 7.17. The van der Waals surface area contributed by atoms with Crippen LogP contribution in [0.2, 0.25) is 0 Å². The Bertz CT molecular complexity index is 1480. The number of rotatable bonds is 8. The van der Waals surface area contributed by atoms with E-state index in [0.29, 0.717) is 29.0 Å². The zero-order valence-corrected chi connectivity index (χ0v) is 23.3. The number of hydrogen-bond acceptors (Lipinski definition) is 5. The Morgan fingerprint density at radius 3 is 2.10 bits per heavy atom. The largest absolute Gasteiger partial charge is 0.457 e. The fourth-order valence-electron chi connectivity index (χ4n) is 5.37. The minimum absolute atomic E-state index is 0.0817. The number of benzene rings is 3. The van der Waals surface area contributed by atoms with Crippen LogP contribution < -0.4 is 20.3 Å². The molecule has 1 saturated heterocycles. The molecule has 1 aliphatic rings. The van der Waals surface area contributed by atoms with E-state index in [2.05, 4.69) is 42.4 Å². The number of piperidine rings is 1. The van der Waals surface area contributed by atoms with Gasteiger partial charge in [-0.25, -0.2) is 4.98 Å². The predicted octanol–water partition coefficient (Wildman–Crippen LogP) is 7.18. The summed E-state index contributed by atoms with van der Waals surface area (Å²) in [7, 11) is 0. The number of nitrogens with one attached hydrogen (secondary N) is 2. The number of ether oxygens (including phenoxy) is 1. The summed E-state index contributed by atoms with van der Waals surface area (Å²) in [6.45, 7) is 8.74. The molecular weight excluding hydrogens is 500 g/mol. The number of nitrogens with zero attached hydrogens (tertiary/aromatic N) is 2. The zero-order valence-electron chi connectivity index (χ0n) is 23.3. The van der Waals surface area contributed by atoms with E-state index in [9.17, 15) is 9.59 Å². The zero-order chi connectivity index (χ0) is 28.1. The fraction of sp³-hybridized carbons (Fsp3) is 0.303. The van der Waals surface area contributed by atoms with E-state index in [1.54, 1.807) is 24.3 Å². The molecule has 0 saturated carbocycles. The van der Waals surface area contributed by atoms with Crippen LogP contribution in [0.1, 0.15) is 38.7 Å². The lowest BCUT2D eigenvalue weighted by Gasteiger charge is -2.36. The number of fused-ring (bicyclic) bond motifs is 1. The van der Waals surface area contributed by atoms with E-state index < -0.39 is 0 Å². The lowest BCUT2D eigenvalue weighted by atomic mass is 9.92. The number of pyridine rings is 1. The predicted molar refractivity (Wildman–Crippen MR) is 161 cm³/mol. The van der Waals surface area contributed by atoms with Gasteiger partial charge in [0, 0.05) is 42.7 Å². The van der Waals surface area contributed by atoms with E-state index in [1.165, 1.54) is 6.42 Å². The van der Waals surface area contributed by atoms with Gasteiger partial charge in [0.1, 0.15) is 17.3 Å². The first-order valence-corrected chi connectivity index (χ1v) is 13.9. The summed E-state index contributed by atoms with van der Waals surface area (Å²) in [4.78, 5) is 32.3. The van der Waals surface area contributed by atoms with E-state index in [1.807, 2.05) is 48.5 Å². The van der Waals surface area contributed by atoms with Gasteiger partial charge in [-0.15, -0.1) is 0 Å². The van der Waals surface area contributed by atoms with Crippen LogP contribution in [0.4, 0.5) is 17.2 Å². The fourth-order valence-corrected chi connectivity index (χ4v) is 5.37. The Labute approximate surface area is 235 Å². The summed E-state index contributed by atoms with van der Waals surface area (Å²) in [6, 6.07) is 24.6. The number of aryl methyl sites for hydroxylation is 1. The second-order valence-corrected chi connectivity index (χ2v) is 10.9. The number of aromatic nitrogens is 1. The summed E-state index contributed by atoms with van der Waals surface area (Å²) >= 11 is 0. The second kappa shape index (κ2) is 12.2. The number of hydrogen-bond donors (Lipinski definition) is 2. The smallest absolute Gasteiger partial charge is 0.224 e. The van der Waals surface area contributed by atoms with E-state index in [4.69, 9.17) is 9.72 Å². The molecule has 2 heterocycles. The number of carbonyl (C=O) groups is 2.